The van der Waals surface area contributed by atoms with Crippen LogP contribution in [-0.2, 0) is 9.84 Å². The zero-order valence-electron chi connectivity index (χ0n) is 11.4. The van der Waals surface area contributed by atoms with Crippen molar-refractivity contribution < 1.29 is 17.2 Å². The molecule has 0 saturated heterocycles. The number of hydrogen-bond donors (Lipinski definition) is 1. The molecule has 1 aromatic carbocycles. The van der Waals surface area contributed by atoms with E-state index in [1.807, 2.05) is 0 Å². The molecule has 21 heavy (non-hydrogen) atoms. The summed E-state index contributed by atoms with van der Waals surface area (Å²) >= 11 is 0. The second-order valence-electron chi connectivity index (χ2n) is 6.46. The zero-order valence-corrected chi connectivity index (χ0v) is 12.2. The van der Waals surface area contributed by atoms with E-state index in [-0.39, 0.29) is 10.9 Å². The van der Waals surface area contributed by atoms with Gasteiger partial charge in [0.15, 0.2) is 0 Å². The molecule has 0 radical (unpaired) electrons. The fraction of sp³-hybridized carbons (Fsp3) is 0.600. The van der Waals surface area contributed by atoms with Gasteiger partial charge in [0.2, 0.25) is 9.84 Å². The van der Waals surface area contributed by atoms with E-state index in [1.165, 1.54) is 31.4 Å². The molecule has 0 aromatic heterocycles. The lowest BCUT2D eigenvalue weighted by molar-refractivity contribution is 0.235. The van der Waals surface area contributed by atoms with Crippen LogP contribution >= 0.6 is 0 Å². The average molecular weight is 313 g/mol. The molecule has 1 N–H and O–H groups in total. The molecule has 114 valence electrons. The van der Waals surface area contributed by atoms with Gasteiger partial charge in [-0.05, 0) is 55.1 Å². The Hall–Kier alpha value is -1.17. The first-order chi connectivity index (χ1) is 10.00. The number of para-hydroxylation sites is 1. The van der Waals surface area contributed by atoms with Crippen molar-refractivity contribution in [3.8, 4) is 0 Å². The van der Waals surface area contributed by atoms with Crippen LogP contribution in [-0.4, -0.2) is 20.2 Å². The van der Waals surface area contributed by atoms with Gasteiger partial charge in [0.25, 0.3) is 0 Å². The minimum atomic E-state index is -4.56. The van der Waals surface area contributed by atoms with E-state index in [0.717, 1.165) is 11.8 Å². The van der Waals surface area contributed by atoms with Crippen molar-refractivity contribution in [2.75, 3.05) is 5.32 Å². The highest BCUT2D eigenvalue weighted by Gasteiger charge is 2.65. The molecule has 3 aliphatic carbocycles. The number of alkyl halides is 2. The molecule has 0 amide bonds. The third kappa shape index (κ3) is 1.91. The smallest absolute Gasteiger partial charge is 0.341 e. The first kappa shape index (κ1) is 13.5. The van der Waals surface area contributed by atoms with Gasteiger partial charge >= 0.3 is 5.76 Å². The highest BCUT2D eigenvalue weighted by atomic mass is 32.2. The number of anilines is 1. The number of halogens is 2. The molecule has 0 aliphatic heterocycles. The molecule has 2 bridgehead atoms. The summed E-state index contributed by atoms with van der Waals surface area (Å²) in [6.07, 6.45) is 3.83. The maximum absolute atomic E-state index is 12.8. The van der Waals surface area contributed by atoms with Gasteiger partial charge in [0, 0.05) is 6.04 Å². The third-order valence-corrected chi connectivity index (χ3v) is 6.92. The largest absolute Gasteiger partial charge is 0.381 e. The predicted octanol–water partition coefficient (Wildman–Crippen LogP) is 3.14. The van der Waals surface area contributed by atoms with Crippen molar-refractivity contribution in [2.45, 2.75) is 36.0 Å². The maximum atomic E-state index is 12.8. The van der Waals surface area contributed by atoms with Crippen LogP contribution in [0.4, 0.5) is 14.5 Å². The number of nitrogens with one attached hydrogen (secondary N) is 1. The number of rotatable bonds is 4. The van der Waals surface area contributed by atoms with E-state index in [9.17, 15) is 17.2 Å². The molecular formula is C15H17F2NO2S. The number of sulfone groups is 1. The summed E-state index contributed by atoms with van der Waals surface area (Å²) in [6, 6.07) is 6.28. The highest BCUT2D eigenvalue weighted by Crippen LogP contribution is 2.66. The molecule has 4 rings (SSSR count). The number of hydrogen-bond acceptors (Lipinski definition) is 3. The Bertz CT molecular complexity index is 660. The molecule has 3 aliphatic rings. The summed E-state index contributed by atoms with van der Waals surface area (Å²) in [5.41, 5.74) is 0.330. The van der Waals surface area contributed by atoms with Crippen LogP contribution in [0.1, 0.15) is 19.3 Å². The van der Waals surface area contributed by atoms with Crippen LogP contribution < -0.4 is 5.32 Å². The van der Waals surface area contributed by atoms with Gasteiger partial charge in [-0.2, -0.15) is 8.78 Å². The number of fused-ring (bicyclic) bond motifs is 5. The van der Waals surface area contributed by atoms with E-state index in [4.69, 9.17) is 0 Å². The lowest BCUT2D eigenvalue weighted by Crippen LogP contribution is -2.17. The predicted molar refractivity (Wildman–Crippen MR) is 74.9 cm³/mol. The summed E-state index contributed by atoms with van der Waals surface area (Å²) < 4.78 is 49.1. The number of benzene rings is 1. The van der Waals surface area contributed by atoms with Crippen LogP contribution in [0.2, 0.25) is 0 Å². The minimum Gasteiger partial charge on any atom is -0.381 e. The van der Waals surface area contributed by atoms with Gasteiger partial charge in [-0.1, -0.05) is 12.1 Å². The van der Waals surface area contributed by atoms with Gasteiger partial charge in [-0.3, -0.25) is 0 Å². The van der Waals surface area contributed by atoms with Gasteiger partial charge in [0.05, 0.1) is 10.6 Å². The normalized spacial score (nSPS) is 36.8. The average Bonchev–Trinajstić information content (AvgIpc) is 2.83. The lowest BCUT2D eigenvalue weighted by atomic mass is 10.0. The van der Waals surface area contributed by atoms with Crippen LogP contribution in [0, 0.1) is 23.7 Å². The molecule has 0 spiro atoms. The molecule has 4 atom stereocenters. The van der Waals surface area contributed by atoms with Gasteiger partial charge < -0.3 is 5.32 Å². The van der Waals surface area contributed by atoms with E-state index in [1.54, 1.807) is 12.1 Å². The zero-order chi connectivity index (χ0) is 14.8. The molecule has 6 heteroatoms. The van der Waals surface area contributed by atoms with Gasteiger partial charge in [-0.25, -0.2) is 8.42 Å². The topological polar surface area (TPSA) is 46.2 Å². The van der Waals surface area contributed by atoms with Crippen LogP contribution in [0.25, 0.3) is 0 Å². The highest BCUT2D eigenvalue weighted by molar-refractivity contribution is 7.91. The van der Waals surface area contributed by atoms with Crippen LogP contribution in [0.15, 0.2) is 29.2 Å². The summed E-state index contributed by atoms with van der Waals surface area (Å²) in [4.78, 5) is -0.280. The SMILES string of the molecule is O=S(=O)(c1ccccc1NC1C2C3CCC(C3)C12)C(F)F. The summed E-state index contributed by atoms with van der Waals surface area (Å²) in [5, 5.41) is 3.24. The maximum Gasteiger partial charge on any atom is 0.341 e. The Labute approximate surface area is 122 Å². The first-order valence-electron chi connectivity index (χ1n) is 7.38. The van der Waals surface area contributed by atoms with E-state index in [2.05, 4.69) is 5.32 Å². The van der Waals surface area contributed by atoms with Crippen molar-refractivity contribution in [2.24, 2.45) is 23.7 Å². The van der Waals surface area contributed by atoms with Crippen LogP contribution in [0.5, 0.6) is 0 Å². The van der Waals surface area contributed by atoms with Crippen molar-refractivity contribution in [3.63, 3.8) is 0 Å². The Morgan fingerprint density at radius 2 is 1.71 bits per heavy atom. The van der Waals surface area contributed by atoms with Crippen molar-refractivity contribution in [1.82, 2.24) is 0 Å². The fourth-order valence-corrected chi connectivity index (χ4v) is 5.52. The first-order valence-corrected chi connectivity index (χ1v) is 8.92. The van der Waals surface area contributed by atoms with Gasteiger partial charge in [0.1, 0.15) is 0 Å². The summed E-state index contributed by atoms with van der Waals surface area (Å²) in [5.74, 6) is -0.653. The van der Waals surface area contributed by atoms with Crippen molar-refractivity contribution in [3.05, 3.63) is 24.3 Å². The van der Waals surface area contributed by atoms with Crippen molar-refractivity contribution >= 4 is 15.5 Å². The fourth-order valence-electron chi connectivity index (χ4n) is 4.63. The molecule has 1 aromatic rings. The monoisotopic (exact) mass is 313 g/mol. The molecule has 3 fully saturated rings. The van der Waals surface area contributed by atoms with E-state index in [0.29, 0.717) is 17.5 Å². The molecular weight excluding hydrogens is 296 g/mol. The Morgan fingerprint density at radius 1 is 1.10 bits per heavy atom. The summed E-state index contributed by atoms with van der Waals surface area (Å²) in [6.45, 7) is 0. The second kappa shape index (κ2) is 4.41. The summed E-state index contributed by atoms with van der Waals surface area (Å²) in [7, 11) is -4.56. The third-order valence-electron chi connectivity index (χ3n) is 5.49. The minimum absolute atomic E-state index is 0.269. The molecule has 3 nitrogen and oxygen atoms in total. The molecule has 3 saturated carbocycles. The lowest BCUT2D eigenvalue weighted by Gasteiger charge is -2.15. The quantitative estimate of drug-likeness (QED) is 0.929. The van der Waals surface area contributed by atoms with E-state index >= 15 is 0 Å². The van der Waals surface area contributed by atoms with Gasteiger partial charge in [-0.15, -0.1) is 0 Å². The van der Waals surface area contributed by atoms with E-state index < -0.39 is 15.6 Å². The Balaban J connectivity index is 1.60. The molecule has 4 unspecified atom stereocenters. The Morgan fingerprint density at radius 3 is 2.33 bits per heavy atom. The van der Waals surface area contributed by atoms with Crippen molar-refractivity contribution in [1.29, 1.82) is 0 Å². The standard InChI is InChI=1S/C15H17F2NO2S/c16-15(17)21(19,20)11-4-2-1-3-10(11)18-14-12-8-5-6-9(7-8)13(12)14/h1-4,8-9,12-15,18H,5-7H2. The van der Waals surface area contributed by atoms with Crippen LogP contribution in [0.3, 0.4) is 0 Å². The Kier molecular flexibility index (Phi) is 2.83. The second-order valence-corrected chi connectivity index (χ2v) is 8.35. The molecule has 0 heterocycles.